The van der Waals surface area contributed by atoms with E-state index in [0.717, 1.165) is 16.7 Å². The van der Waals surface area contributed by atoms with Crippen molar-refractivity contribution in [3.63, 3.8) is 0 Å². The number of esters is 1. The molecule has 0 saturated carbocycles. The van der Waals surface area contributed by atoms with Gasteiger partial charge >= 0.3 is 5.97 Å². The highest BCUT2D eigenvalue weighted by molar-refractivity contribution is 6.31. The van der Waals surface area contributed by atoms with E-state index in [1.807, 2.05) is 31.2 Å². The molecule has 0 aromatic heterocycles. The Hall–Kier alpha value is -2.00. The third kappa shape index (κ3) is 2.56. The van der Waals surface area contributed by atoms with E-state index in [1.165, 1.54) is 7.11 Å². The van der Waals surface area contributed by atoms with Gasteiger partial charge in [0.15, 0.2) is 0 Å². The fourth-order valence-electron chi connectivity index (χ4n) is 1.93. The Morgan fingerprint density at radius 3 is 2.68 bits per heavy atom. The molecular formula is C15H14ClNO2. The molecule has 0 saturated heterocycles. The lowest BCUT2D eigenvalue weighted by atomic mass is 9.98. The number of hydrogen-bond donors (Lipinski definition) is 1. The van der Waals surface area contributed by atoms with Crippen molar-refractivity contribution in [1.29, 1.82) is 0 Å². The van der Waals surface area contributed by atoms with Gasteiger partial charge in [0.05, 0.1) is 12.7 Å². The van der Waals surface area contributed by atoms with Gasteiger partial charge < -0.3 is 10.5 Å². The van der Waals surface area contributed by atoms with E-state index in [-0.39, 0.29) is 0 Å². The lowest BCUT2D eigenvalue weighted by Crippen LogP contribution is -2.05. The van der Waals surface area contributed by atoms with Gasteiger partial charge in [0.25, 0.3) is 0 Å². The van der Waals surface area contributed by atoms with E-state index in [9.17, 15) is 4.79 Å². The Balaban J connectivity index is 2.58. The van der Waals surface area contributed by atoms with Gasteiger partial charge in [0.1, 0.15) is 0 Å². The van der Waals surface area contributed by atoms with E-state index < -0.39 is 5.97 Å². The third-order valence-corrected chi connectivity index (χ3v) is 3.45. The SMILES string of the molecule is COC(=O)c1cc(-c2cccc(Cl)c2C)ccc1N. The number of methoxy groups -OCH3 is 1. The van der Waals surface area contributed by atoms with Gasteiger partial charge in [-0.1, -0.05) is 29.8 Å². The van der Waals surface area contributed by atoms with Crippen LogP contribution in [0, 0.1) is 6.92 Å². The summed E-state index contributed by atoms with van der Waals surface area (Å²) in [6, 6.07) is 10.9. The van der Waals surface area contributed by atoms with Gasteiger partial charge in [-0.25, -0.2) is 4.79 Å². The van der Waals surface area contributed by atoms with Crippen LogP contribution in [0.3, 0.4) is 0 Å². The van der Waals surface area contributed by atoms with Crippen LogP contribution in [0.15, 0.2) is 36.4 Å². The molecule has 0 aliphatic carbocycles. The fraction of sp³-hybridized carbons (Fsp3) is 0.133. The van der Waals surface area contributed by atoms with Crippen molar-refractivity contribution in [3.05, 3.63) is 52.5 Å². The predicted molar refractivity (Wildman–Crippen MR) is 77.4 cm³/mol. The summed E-state index contributed by atoms with van der Waals surface area (Å²) in [5.74, 6) is -0.445. The maximum absolute atomic E-state index is 11.6. The molecule has 0 aliphatic heterocycles. The van der Waals surface area contributed by atoms with Crippen LogP contribution in [0.1, 0.15) is 15.9 Å². The maximum Gasteiger partial charge on any atom is 0.339 e. The second-order valence-electron chi connectivity index (χ2n) is 4.21. The first-order valence-electron chi connectivity index (χ1n) is 5.78. The van der Waals surface area contributed by atoms with E-state index in [4.69, 9.17) is 22.1 Å². The Labute approximate surface area is 117 Å². The molecule has 19 heavy (non-hydrogen) atoms. The number of benzene rings is 2. The number of hydrogen-bond acceptors (Lipinski definition) is 3. The van der Waals surface area contributed by atoms with Gasteiger partial charge in [0, 0.05) is 10.7 Å². The number of nitrogen functional groups attached to an aromatic ring is 1. The largest absolute Gasteiger partial charge is 0.465 e. The number of carbonyl (C=O) groups is 1. The number of anilines is 1. The lowest BCUT2D eigenvalue weighted by molar-refractivity contribution is 0.0602. The molecule has 2 aromatic rings. The van der Waals surface area contributed by atoms with Crippen LogP contribution in [0.4, 0.5) is 5.69 Å². The minimum atomic E-state index is -0.445. The molecule has 2 aromatic carbocycles. The van der Waals surface area contributed by atoms with Crippen LogP contribution in [0.25, 0.3) is 11.1 Å². The molecule has 0 spiro atoms. The topological polar surface area (TPSA) is 52.3 Å². The standard InChI is InChI=1S/C15H14ClNO2/c1-9-11(4-3-5-13(9)16)10-6-7-14(17)12(8-10)15(18)19-2/h3-8H,17H2,1-2H3. The highest BCUT2D eigenvalue weighted by Gasteiger charge is 2.12. The van der Waals surface area contributed by atoms with Gasteiger partial charge in [-0.05, 0) is 41.8 Å². The highest BCUT2D eigenvalue weighted by Crippen LogP contribution is 2.30. The summed E-state index contributed by atoms with van der Waals surface area (Å²) in [5, 5.41) is 0.689. The third-order valence-electron chi connectivity index (χ3n) is 3.04. The zero-order valence-electron chi connectivity index (χ0n) is 10.7. The fourth-order valence-corrected chi connectivity index (χ4v) is 2.11. The lowest BCUT2D eigenvalue weighted by Gasteiger charge is -2.10. The van der Waals surface area contributed by atoms with Crippen LogP contribution < -0.4 is 5.73 Å². The maximum atomic E-state index is 11.6. The molecule has 0 aliphatic rings. The Morgan fingerprint density at radius 2 is 2.00 bits per heavy atom. The molecule has 4 heteroatoms. The minimum absolute atomic E-state index is 0.361. The van der Waals surface area contributed by atoms with E-state index in [1.54, 1.807) is 12.1 Å². The number of rotatable bonds is 2. The predicted octanol–water partition coefficient (Wildman–Crippen LogP) is 3.68. The molecule has 3 nitrogen and oxygen atoms in total. The van der Waals surface area contributed by atoms with Crippen molar-refractivity contribution in [2.75, 3.05) is 12.8 Å². The highest BCUT2D eigenvalue weighted by atomic mass is 35.5. The minimum Gasteiger partial charge on any atom is -0.465 e. The first kappa shape index (κ1) is 13.4. The second-order valence-corrected chi connectivity index (χ2v) is 4.61. The first-order chi connectivity index (χ1) is 9.04. The van der Waals surface area contributed by atoms with Crippen molar-refractivity contribution < 1.29 is 9.53 Å². The molecule has 0 fully saturated rings. The molecule has 2 rings (SSSR count). The molecule has 0 unspecified atom stereocenters. The monoisotopic (exact) mass is 275 g/mol. The summed E-state index contributed by atoms with van der Waals surface area (Å²) in [7, 11) is 1.33. The van der Waals surface area contributed by atoms with E-state index in [2.05, 4.69) is 0 Å². The first-order valence-corrected chi connectivity index (χ1v) is 6.15. The summed E-state index contributed by atoms with van der Waals surface area (Å²) >= 11 is 6.11. The van der Waals surface area contributed by atoms with Crippen molar-refractivity contribution in [2.45, 2.75) is 6.92 Å². The van der Waals surface area contributed by atoms with E-state index in [0.29, 0.717) is 16.3 Å². The number of halogens is 1. The molecule has 0 atom stereocenters. The summed E-state index contributed by atoms with van der Waals surface area (Å²) in [6.45, 7) is 1.94. The normalized spacial score (nSPS) is 10.3. The molecule has 0 radical (unpaired) electrons. The van der Waals surface area contributed by atoms with Crippen molar-refractivity contribution in [1.82, 2.24) is 0 Å². The zero-order valence-corrected chi connectivity index (χ0v) is 11.5. The van der Waals surface area contributed by atoms with Crippen LogP contribution in [0.5, 0.6) is 0 Å². The van der Waals surface area contributed by atoms with Crippen molar-refractivity contribution >= 4 is 23.3 Å². The molecule has 0 heterocycles. The van der Waals surface area contributed by atoms with Crippen molar-refractivity contribution in [2.24, 2.45) is 0 Å². The summed E-state index contributed by atoms with van der Waals surface area (Å²) < 4.78 is 4.72. The van der Waals surface area contributed by atoms with Crippen LogP contribution in [-0.2, 0) is 4.74 Å². The van der Waals surface area contributed by atoms with Gasteiger partial charge in [0.2, 0.25) is 0 Å². The van der Waals surface area contributed by atoms with Crippen LogP contribution >= 0.6 is 11.6 Å². The van der Waals surface area contributed by atoms with Crippen molar-refractivity contribution in [3.8, 4) is 11.1 Å². The Morgan fingerprint density at radius 1 is 1.26 bits per heavy atom. The molecule has 0 amide bonds. The smallest absolute Gasteiger partial charge is 0.339 e. The molecule has 2 N–H and O–H groups in total. The average molecular weight is 276 g/mol. The number of ether oxygens (including phenoxy) is 1. The van der Waals surface area contributed by atoms with E-state index >= 15 is 0 Å². The zero-order chi connectivity index (χ0) is 14.0. The molecule has 0 bridgehead atoms. The summed E-state index contributed by atoms with van der Waals surface area (Å²) in [5.41, 5.74) is 9.36. The summed E-state index contributed by atoms with van der Waals surface area (Å²) in [6.07, 6.45) is 0. The van der Waals surface area contributed by atoms with Gasteiger partial charge in [-0.3, -0.25) is 0 Å². The van der Waals surface area contributed by atoms with Gasteiger partial charge in [-0.2, -0.15) is 0 Å². The second kappa shape index (κ2) is 5.33. The Bertz CT molecular complexity index is 638. The number of nitrogens with two attached hydrogens (primary N) is 1. The quantitative estimate of drug-likeness (QED) is 0.672. The van der Waals surface area contributed by atoms with Gasteiger partial charge in [-0.15, -0.1) is 0 Å². The molecule has 98 valence electrons. The Kier molecular flexibility index (Phi) is 3.76. The molecular weight excluding hydrogens is 262 g/mol. The number of carbonyl (C=O) groups excluding carboxylic acids is 1. The van der Waals surface area contributed by atoms with Crippen LogP contribution in [-0.4, -0.2) is 13.1 Å². The summed E-state index contributed by atoms with van der Waals surface area (Å²) in [4.78, 5) is 11.6. The van der Waals surface area contributed by atoms with Crippen LogP contribution in [0.2, 0.25) is 5.02 Å². The average Bonchev–Trinajstić information content (AvgIpc) is 2.42.